The summed E-state index contributed by atoms with van der Waals surface area (Å²) in [7, 11) is 2.14. The van der Waals surface area contributed by atoms with Gasteiger partial charge < -0.3 is 15.0 Å². The molecule has 114 valence electrons. The molecule has 0 saturated heterocycles. The Morgan fingerprint density at radius 3 is 2.45 bits per heavy atom. The quantitative estimate of drug-likeness (QED) is 0.666. The molecular weight excluding hydrogens is 248 g/mol. The molecule has 3 nitrogen and oxygen atoms in total. The molecule has 0 amide bonds. The second kappa shape index (κ2) is 9.78. The molecule has 0 spiro atoms. The first-order chi connectivity index (χ1) is 9.63. The van der Waals surface area contributed by atoms with E-state index in [9.17, 15) is 0 Å². The minimum atomic E-state index is 0.340. The lowest BCUT2D eigenvalue weighted by molar-refractivity contribution is 0.0771. The number of hydrogen-bond donors (Lipinski definition) is 1. The minimum Gasteiger partial charge on any atom is -0.379 e. The maximum Gasteiger partial charge on any atom is 0.0518 e. The summed E-state index contributed by atoms with van der Waals surface area (Å²) >= 11 is 0. The predicted molar refractivity (Wildman–Crippen MR) is 87.7 cm³/mol. The van der Waals surface area contributed by atoms with Crippen LogP contribution in [-0.2, 0) is 11.2 Å². The van der Waals surface area contributed by atoms with Crippen molar-refractivity contribution in [2.45, 2.75) is 39.7 Å². The van der Waals surface area contributed by atoms with Gasteiger partial charge in [-0.05, 0) is 50.9 Å². The van der Waals surface area contributed by atoms with Crippen molar-refractivity contribution in [3.63, 3.8) is 0 Å². The van der Waals surface area contributed by atoms with Crippen molar-refractivity contribution >= 4 is 5.69 Å². The third-order valence-electron chi connectivity index (χ3n) is 3.36. The van der Waals surface area contributed by atoms with E-state index in [0.29, 0.717) is 6.10 Å². The third-order valence-corrected chi connectivity index (χ3v) is 3.36. The van der Waals surface area contributed by atoms with Gasteiger partial charge in [-0.1, -0.05) is 19.1 Å². The Morgan fingerprint density at radius 2 is 1.85 bits per heavy atom. The van der Waals surface area contributed by atoms with Gasteiger partial charge in [0.15, 0.2) is 0 Å². The molecule has 0 bridgehead atoms. The standard InChI is InChI=1S/C17H30N2O/c1-5-16-7-9-17(10-8-16)19(4)13-12-18-11-6-14-20-15(2)3/h7-10,15,18H,5-6,11-14H2,1-4H3. The van der Waals surface area contributed by atoms with Gasteiger partial charge in [0.1, 0.15) is 0 Å². The zero-order valence-corrected chi connectivity index (χ0v) is 13.5. The van der Waals surface area contributed by atoms with Gasteiger partial charge in [0, 0.05) is 32.4 Å². The van der Waals surface area contributed by atoms with Crippen LogP contribution in [0, 0.1) is 0 Å². The van der Waals surface area contributed by atoms with Gasteiger partial charge in [-0.2, -0.15) is 0 Å². The number of rotatable bonds is 10. The molecule has 1 aromatic carbocycles. The van der Waals surface area contributed by atoms with E-state index in [1.807, 2.05) is 0 Å². The van der Waals surface area contributed by atoms with Crippen molar-refractivity contribution in [3.05, 3.63) is 29.8 Å². The van der Waals surface area contributed by atoms with E-state index < -0.39 is 0 Å². The summed E-state index contributed by atoms with van der Waals surface area (Å²) in [6.45, 7) is 10.2. The average Bonchev–Trinajstić information content (AvgIpc) is 2.45. The number of aryl methyl sites for hydroxylation is 1. The van der Waals surface area contributed by atoms with Crippen LogP contribution < -0.4 is 10.2 Å². The van der Waals surface area contributed by atoms with Gasteiger partial charge >= 0.3 is 0 Å². The molecule has 0 atom stereocenters. The Kier molecular flexibility index (Phi) is 8.31. The van der Waals surface area contributed by atoms with Crippen molar-refractivity contribution in [2.75, 3.05) is 38.2 Å². The SMILES string of the molecule is CCc1ccc(N(C)CCNCCCOC(C)C)cc1. The lowest BCUT2D eigenvalue weighted by Gasteiger charge is -2.20. The molecule has 3 heteroatoms. The molecule has 0 aromatic heterocycles. The maximum absolute atomic E-state index is 5.51. The smallest absolute Gasteiger partial charge is 0.0518 e. The summed E-state index contributed by atoms with van der Waals surface area (Å²) in [4.78, 5) is 2.29. The van der Waals surface area contributed by atoms with E-state index in [-0.39, 0.29) is 0 Å². The minimum absolute atomic E-state index is 0.340. The van der Waals surface area contributed by atoms with Crippen LogP contribution in [0.25, 0.3) is 0 Å². The Labute approximate surface area is 124 Å². The number of anilines is 1. The summed E-state index contributed by atoms with van der Waals surface area (Å²) in [6, 6.07) is 8.83. The van der Waals surface area contributed by atoms with Gasteiger partial charge in [0.2, 0.25) is 0 Å². The van der Waals surface area contributed by atoms with Gasteiger partial charge in [-0.25, -0.2) is 0 Å². The van der Waals surface area contributed by atoms with Crippen LogP contribution in [0.15, 0.2) is 24.3 Å². The molecule has 0 radical (unpaired) electrons. The van der Waals surface area contributed by atoms with E-state index >= 15 is 0 Å². The Balaban J connectivity index is 2.11. The fraction of sp³-hybridized carbons (Fsp3) is 0.647. The lowest BCUT2D eigenvalue weighted by Crippen LogP contribution is -2.30. The molecule has 0 heterocycles. The monoisotopic (exact) mass is 278 g/mol. The molecule has 0 aliphatic carbocycles. The van der Waals surface area contributed by atoms with Crippen molar-refractivity contribution in [3.8, 4) is 0 Å². The highest BCUT2D eigenvalue weighted by atomic mass is 16.5. The zero-order chi connectivity index (χ0) is 14.8. The largest absolute Gasteiger partial charge is 0.379 e. The number of nitrogens with zero attached hydrogens (tertiary/aromatic N) is 1. The zero-order valence-electron chi connectivity index (χ0n) is 13.5. The van der Waals surface area contributed by atoms with Crippen LogP contribution in [0.5, 0.6) is 0 Å². The Hall–Kier alpha value is -1.06. The molecule has 1 N–H and O–H groups in total. The number of nitrogens with one attached hydrogen (secondary N) is 1. The van der Waals surface area contributed by atoms with Crippen LogP contribution in [0.3, 0.4) is 0 Å². The molecule has 0 aliphatic heterocycles. The van der Waals surface area contributed by atoms with Crippen molar-refractivity contribution in [2.24, 2.45) is 0 Å². The summed E-state index contributed by atoms with van der Waals surface area (Å²) < 4.78 is 5.51. The highest BCUT2D eigenvalue weighted by molar-refractivity contribution is 5.46. The van der Waals surface area contributed by atoms with Gasteiger partial charge in [0.25, 0.3) is 0 Å². The van der Waals surface area contributed by atoms with E-state index in [4.69, 9.17) is 4.74 Å². The fourth-order valence-corrected chi connectivity index (χ4v) is 2.00. The molecule has 0 saturated carbocycles. The second-order valence-corrected chi connectivity index (χ2v) is 5.46. The maximum atomic E-state index is 5.51. The summed E-state index contributed by atoms with van der Waals surface area (Å²) in [6.07, 6.45) is 2.52. The Morgan fingerprint density at radius 1 is 1.15 bits per heavy atom. The van der Waals surface area contributed by atoms with Crippen molar-refractivity contribution in [1.82, 2.24) is 5.32 Å². The first-order valence-corrected chi connectivity index (χ1v) is 7.76. The summed E-state index contributed by atoms with van der Waals surface area (Å²) in [5.41, 5.74) is 2.68. The highest BCUT2D eigenvalue weighted by Gasteiger charge is 2.00. The normalized spacial score (nSPS) is 11.1. The van der Waals surface area contributed by atoms with E-state index in [1.165, 1.54) is 11.3 Å². The number of benzene rings is 1. The van der Waals surface area contributed by atoms with Crippen LogP contribution in [0.4, 0.5) is 5.69 Å². The summed E-state index contributed by atoms with van der Waals surface area (Å²) in [5.74, 6) is 0. The molecule has 0 unspecified atom stereocenters. The van der Waals surface area contributed by atoms with Gasteiger partial charge in [-0.3, -0.25) is 0 Å². The first kappa shape index (κ1) is 17.0. The second-order valence-electron chi connectivity index (χ2n) is 5.46. The fourth-order valence-electron chi connectivity index (χ4n) is 2.00. The van der Waals surface area contributed by atoms with Crippen LogP contribution >= 0.6 is 0 Å². The number of likely N-dealkylation sites (N-methyl/N-ethyl adjacent to an activating group) is 1. The van der Waals surface area contributed by atoms with Crippen LogP contribution in [-0.4, -0.2) is 39.4 Å². The van der Waals surface area contributed by atoms with Gasteiger partial charge in [-0.15, -0.1) is 0 Å². The molecule has 0 aliphatic rings. The first-order valence-electron chi connectivity index (χ1n) is 7.76. The lowest BCUT2D eigenvalue weighted by atomic mass is 10.1. The van der Waals surface area contributed by atoms with Crippen LogP contribution in [0.1, 0.15) is 32.8 Å². The number of hydrogen-bond acceptors (Lipinski definition) is 3. The van der Waals surface area contributed by atoms with E-state index in [0.717, 1.165) is 39.1 Å². The Bertz CT molecular complexity index is 349. The van der Waals surface area contributed by atoms with E-state index in [1.54, 1.807) is 0 Å². The molecule has 20 heavy (non-hydrogen) atoms. The highest BCUT2D eigenvalue weighted by Crippen LogP contribution is 2.13. The van der Waals surface area contributed by atoms with E-state index in [2.05, 4.69) is 62.3 Å². The van der Waals surface area contributed by atoms with Crippen molar-refractivity contribution < 1.29 is 4.74 Å². The van der Waals surface area contributed by atoms with Crippen molar-refractivity contribution in [1.29, 1.82) is 0 Å². The van der Waals surface area contributed by atoms with Crippen LogP contribution in [0.2, 0.25) is 0 Å². The predicted octanol–water partition coefficient (Wildman–Crippen LogP) is 3.09. The average molecular weight is 278 g/mol. The molecular formula is C17H30N2O. The molecule has 1 aromatic rings. The molecule has 1 rings (SSSR count). The molecule has 0 fully saturated rings. The van der Waals surface area contributed by atoms with Gasteiger partial charge in [0.05, 0.1) is 6.10 Å². The topological polar surface area (TPSA) is 24.5 Å². The third kappa shape index (κ3) is 6.92. The summed E-state index contributed by atoms with van der Waals surface area (Å²) in [5, 5.41) is 3.46. The number of ether oxygens (including phenoxy) is 1.